The van der Waals surface area contributed by atoms with Crippen molar-refractivity contribution in [1.29, 1.82) is 0 Å². The molecule has 192 valence electrons. The van der Waals surface area contributed by atoms with Gasteiger partial charge in [-0.05, 0) is 55.7 Å². The summed E-state index contributed by atoms with van der Waals surface area (Å²) >= 11 is 6.00. The van der Waals surface area contributed by atoms with Gasteiger partial charge in [0, 0.05) is 36.8 Å². The summed E-state index contributed by atoms with van der Waals surface area (Å²) in [6.45, 7) is 4.54. The van der Waals surface area contributed by atoms with Crippen molar-refractivity contribution in [3.63, 3.8) is 0 Å². The van der Waals surface area contributed by atoms with Gasteiger partial charge in [0.2, 0.25) is 17.8 Å². The summed E-state index contributed by atoms with van der Waals surface area (Å²) in [5.74, 6) is 1.64. The summed E-state index contributed by atoms with van der Waals surface area (Å²) in [6, 6.07) is 12.0. The minimum Gasteiger partial charge on any atom is -0.507 e. The van der Waals surface area contributed by atoms with Crippen LogP contribution in [0.1, 0.15) is 24.8 Å². The molecule has 2 aromatic carbocycles. The highest BCUT2D eigenvalue weighted by molar-refractivity contribution is 6.30. The van der Waals surface area contributed by atoms with Crippen molar-refractivity contribution in [2.45, 2.75) is 19.3 Å². The summed E-state index contributed by atoms with van der Waals surface area (Å²) in [5, 5.41) is 23.6. The lowest BCUT2D eigenvalue weighted by Gasteiger charge is -2.30. The van der Waals surface area contributed by atoms with Crippen LogP contribution >= 0.6 is 11.6 Å². The van der Waals surface area contributed by atoms with E-state index in [1.54, 1.807) is 42.5 Å². The first-order valence-corrected chi connectivity index (χ1v) is 12.6. The molecule has 0 amide bonds. The first-order valence-electron chi connectivity index (χ1n) is 12.3. The first-order chi connectivity index (χ1) is 18.1. The van der Waals surface area contributed by atoms with E-state index in [0.717, 1.165) is 39.0 Å². The van der Waals surface area contributed by atoms with Crippen LogP contribution in [0.15, 0.2) is 57.8 Å². The standard InChI is InChI=1S/C25H28ClN9O2/c26-19-5-4-6-20(16-19)31-32-21-7-8-22(36)18(15-21)17-27-33-23-28-24(34-9-2-1-3-10-34)30-25(29-23)35-11-13-37-14-12-35/h4-8,15-17,36H,1-3,9-14H2,(H,28,29,30,33)/b27-17-,32-31?. The van der Waals surface area contributed by atoms with Crippen molar-refractivity contribution >= 4 is 47.0 Å². The number of rotatable bonds is 7. The Kier molecular flexibility index (Phi) is 8.02. The molecule has 0 radical (unpaired) electrons. The maximum absolute atomic E-state index is 10.3. The third-order valence-electron chi connectivity index (χ3n) is 6.01. The maximum Gasteiger partial charge on any atom is 0.250 e. The molecule has 0 bridgehead atoms. The largest absolute Gasteiger partial charge is 0.507 e. The zero-order chi connectivity index (χ0) is 25.5. The van der Waals surface area contributed by atoms with Crippen LogP contribution < -0.4 is 15.2 Å². The number of anilines is 3. The molecule has 2 N–H and O–H groups in total. The van der Waals surface area contributed by atoms with Gasteiger partial charge in [-0.25, -0.2) is 5.43 Å². The Morgan fingerprint density at radius 2 is 1.57 bits per heavy atom. The third-order valence-corrected chi connectivity index (χ3v) is 6.25. The first kappa shape index (κ1) is 24.8. The van der Waals surface area contributed by atoms with Gasteiger partial charge in [-0.2, -0.15) is 30.3 Å². The van der Waals surface area contributed by atoms with E-state index < -0.39 is 0 Å². The molecule has 11 nitrogen and oxygen atoms in total. The molecular formula is C25H28ClN9O2. The summed E-state index contributed by atoms with van der Waals surface area (Å²) in [5.41, 5.74) is 4.56. The van der Waals surface area contributed by atoms with E-state index in [1.807, 2.05) is 0 Å². The van der Waals surface area contributed by atoms with Gasteiger partial charge in [-0.15, -0.1) is 0 Å². The second-order valence-electron chi connectivity index (χ2n) is 8.70. The van der Waals surface area contributed by atoms with Crippen LogP contribution in [0, 0.1) is 0 Å². The molecule has 0 spiro atoms. The smallest absolute Gasteiger partial charge is 0.250 e. The number of phenolic OH excluding ortho intramolecular Hbond substituents is 1. The molecule has 0 atom stereocenters. The normalized spacial score (nSPS) is 16.6. The average Bonchev–Trinajstić information content (AvgIpc) is 2.94. The topological polar surface area (TPSA) is 124 Å². The number of aromatic nitrogens is 3. The molecule has 2 aliphatic heterocycles. The minimum absolute atomic E-state index is 0.0610. The number of morpholine rings is 1. The number of nitrogens with zero attached hydrogens (tertiary/aromatic N) is 8. The van der Waals surface area contributed by atoms with Gasteiger partial charge in [0.15, 0.2) is 0 Å². The fourth-order valence-corrected chi connectivity index (χ4v) is 4.25. The lowest BCUT2D eigenvalue weighted by Crippen LogP contribution is -2.38. The zero-order valence-corrected chi connectivity index (χ0v) is 21.0. The molecule has 5 rings (SSSR count). The van der Waals surface area contributed by atoms with E-state index >= 15 is 0 Å². The molecule has 3 heterocycles. The Morgan fingerprint density at radius 3 is 2.30 bits per heavy atom. The van der Waals surface area contributed by atoms with Crippen LogP contribution in [0.3, 0.4) is 0 Å². The van der Waals surface area contributed by atoms with Crippen molar-refractivity contribution in [2.24, 2.45) is 15.3 Å². The second kappa shape index (κ2) is 11.9. The van der Waals surface area contributed by atoms with Gasteiger partial charge >= 0.3 is 0 Å². The number of ether oxygens (including phenoxy) is 1. The molecule has 12 heteroatoms. The van der Waals surface area contributed by atoms with Gasteiger partial charge in [0.25, 0.3) is 0 Å². The van der Waals surface area contributed by atoms with E-state index in [2.05, 4.69) is 40.5 Å². The highest BCUT2D eigenvalue weighted by Gasteiger charge is 2.20. The minimum atomic E-state index is 0.0610. The number of halogens is 1. The highest BCUT2D eigenvalue weighted by atomic mass is 35.5. The summed E-state index contributed by atoms with van der Waals surface area (Å²) < 4.78 is 5.47. The molecule has 0 saturated carbocycles. The lowest BCUT2D eigenvalue weighted by molar-refractivity contribution is 0.122. The van der Waals surface area contributed by atoms with Crippen molar-refractivity contribution in [1.82, 2.24) is 15.0 Å². The van der Waals surface area contributed by atoms with Crippen molar-refractivity contribution in [3.8, 4) is 5.75 Å². The predicted molar refractivity (Wildman–Crippen MR) is 144 cm³/mol. The van der Waals surface area contributed by atoms with Crippen LogP contribution in [-0.2, 0) is 4.74 Å². The van der Waals surface area contributed by atoms with Crippen molar-refractivity contribution in [2.75, 3.05) is 54.6 Å². The molecule has 37 heavy (non-hydrogen) atoms. The number of azo groups is 1. The molecule has 2 saturated heterocycles. The Balaban J connectivity index is 1.33. The number of hydrazone groups is 1. The van der Waals surface area contributed by atoms with Crippen LogP contribution in [0.4, 0.5) is 29.2 Å². The summed E-state index contributed by atoms with van der Waals surface area (Å²) in [4.78, 5) is 18.2. The second-order valence-corrected chi connectivity index (χ2v) is 9.14. The SMILES string of the molecule is Oc1ccc(N=Nc2cccc(Cl)c2)cc1/C=N\Nc1nc(N2CCCCC2)nc(N2CCOCC2)n1. The molecule has 2 fully saturated rings. The number of piperidine rings is 1. The quantitative estimate of drug-likeness (QED) is 0.255. The van der Waals surface area contributed by atoms with Crippen LogP contribution in [-0.4, -0.2) is 65.7 Å². The van der Waals surface area contributed by atoms with E-state index in [4.69, 9.17) is 21.3 Å². The van der Waals surface area contributed by atoms with Crippen LogP contribution in [0.2, 0.25) is 5.02 Å². The number of aromatic hydroxyl groups is 1. The Labute approximate surface area is 219 Å². The predicted octanol–water partition coefficient (Wildman–Crippen LogP) is 4.92. The molecule has 0 unspecified atom stereocenters. The van der Waals surface area contributed by atoms with Gasteiger partial charge < -0.3 is 19.6 Å². The number of nitrogens with one attached hydrogen (secondary N) is 1. The van der Waals surface area contributed by atoms with Gasteiger partial charge in [-0.3, -0.25) is 0 Å². The van der Waals surface area contributed by atoms with E-state index in [-0.39, 0.29) is 5.75 Å². The van der Waals surface area contributed by atoms with Gasteiger partial charge in [0.05, 0.1) is 30.8 Å². The van der Waals surface area contributed by atoms with Crippen LogP contribution in [0.5, 0.6) is 5.75 Å². The van der Waals surface area contributed by atoms with E-state index in [0.29, 0.717) is 53.0 Å². The van der Waals surface area contributed by atoms with Crippen LogP contribution in [0.25, 0.3) is 0 Å². The number of phenols is 1. The number of benzene rings is 2. The lowest BCUT2D eigenvalue weighted by atomic mass is 10.1. The fraction of sp³-hybridized carbons (Fsp3) is 0.360. The molecule has 2 aliphatic rings. The fourth-order valence-electron chi connectivity index (χ4n) is 4.06. The maximum atomic E-state index is 10.3. The van der Waals surface area contributed by atoms with Crippen molar-refractivity contribution < 1.29 is 9.84 Å². The van der Waals surface area contributed by atoms with E-state index in [1.165, 1.54) is 12.6 Å². The monoisotopic (exact) mass is 521 g/mol. The summed E-state index contributed by atoms with van der Waals surface area (Å²) in [7, 11) is 0. The number of hydrogen-bond donors (Lipinski definition) is 2. The molecule has 1 aromatic heterocycles. The Bertz CT molecular complexity index is 1240. The van der Waals surface area contributed by atoms with Crippen molar-refractivity contribution in [3.05, 3.63) is 53.1 Å². The number of hydrogen-bond acceptors (Lipinski definition) is 11. The van der Waals surface area contributed by atoms with Gasteiger partial charge in [0.1, 0.15) is 5.75 Å². The van der Waals surface area contributed by atoms with E-state index in [9.17, 15) is 5.11 Å². The third kappa shape index (κ3) is 6.69. The zero-order valence-electron chi connectivity index (χ0n) is 20.3. The van der Waals surface area contributed by atoms with Gasteiger partial charge in [-0.1, -0.05) is 17.7 Å². The molecular weight excluding hydrogens is 494 g/mol. The summed E-state index contributed by atoms with van der Waals surface area (Å²) in [6.07, 6.45) is 4.94. The molecule has 0 aliphatic carbocycles. The molecule has 3 aromatic rings. The Morgan fingerprint density at radius 1 is 0.865 bits per heavy atom. The highest BCUT2D eigenvalue weighted by Crippen LogP contribution is 2.26. The Hall–Kier alpha value is -3.83. The average molecular weight is 522 g/mol.